The molecule has 3 nitrogen and oxygen atoms in total. The molecule has 1 heterocycles. The van der Waals surface area contributed by atoms with E-state index in [4.69, 9.17) is 22.7 Å². The molecule has 0 fully saturated rings. The highest BCUT2D eigenvalue weighted by Gasteiger charge is 2.12. The largest absolute Gasteiger partial charge is 0.454 e. The minimum atomic E-state index is 0.235. The lowest BCUT2D eigenvalue weighted by Crippen LogP contribution is -2.13. The standard InChI is InChI=1S/C15H16N2OS/c1-9-6-7-10(2)14(11(9)3)18-12-5-4-8-17-13(12)15(16)19/h4-8H,1-3H3,(H2,16,19). The summed E-state index contributed by atoms with van der Waals surface area (Å²) in [4.78, 5) is 4.40. The van der Waals surface area contributed by atoms with Gasteiger partial charge in [0, 0.05) is 6.20 Å². The molecule has 2 aromatic rings. The molecule has 0 radical (unpaired) electrons. The molecule has 0 aliphatic heterocycles. The second-order valence-corrected chi connectivity index (χ2v) is 4.91. The van der Waals surface area contributed by atoms with E-state index in [0.29, 0.717) is 11.4 Å². The van der Waals surface area contributed by atoms with Gasteiger partial charge in [-0.3, -0.25) is 0 Å². The molecule has 2 rings (SSSR count). The van der Waals surface area contributed by atoms with Crippen molar-refractivity contribution in [2.24, 2.45) is 5.73 Å². The second kappa shape index (κ2) is 5.36. The molecular weight excluding hydrogens is 256 g/mol. The van der Waals surface area contributed by atoms with Crippen molar-refractivity contribution < 1.29 is 4.74 Å². The molecule has 0 unspecified atom stereocenters. The molecule has 0 atom stereocenters. The molecule has 1 aromatic carbocycles. The first kappa shape index (κ1) is 13.5. The van der Waals surface area contributed by atoms with Crippen molar-refractivity contribution in [2.75, 3.05) is 0 Å². The van der Waals surface area contributed by atoms with Crippen LogP contribution in [0.5, 0.6) is 11.5 Å². The Labute approximate surface area is 118 Å². The summed E-state index contributed by atoms with van der Waals surface area (Å²) in [6, 6.07) is 7.74. The number of hydrogen-bond acceptors (Lipinski definition) is 3. The number of pyridine rings is 1. The van der Waals surface area contributed by atoms with Crippen molar-refractivity contribution in [3.05, 3.63) is 52.8 Å². The van der Waals surface area contributed by atoms with Gasteiger partial charge in [-0.05, 0) is 49.6 Å². The quantitative estimate of drug-likeness (QED) is 0.870. The van der Waals surface area contributed by atoms with E-state index in [1.165, 1.54) is 5.56 Å². The molecule has 0 bridgehead atoms. The van der Waals surface area contributed by atoms with Gasteiger partial charge in [0.25, 0.3) is 0 Å². The van der Waals surface area contributed by atoms with Gasteiger partial charge in [0.05, 0.1) is 0 Å². The topological polar surface area (TPSA) is 48.1 Å². The Morgan fingerprint density at radius 3 is 2.53 bits per heavy atom. The maximum absolute atomic E-state index is 5.98. The van der Waals surface area contributed by atoms with Crippen molar-refractivity contribution in [2.45, 2.75) is 20.8 Å². The number of thiocarbonyl (C=S) groups is 1. The summed E-state index contributed by atoms with van der Waals surface area (Å²) in [5.74, 6) is 1.43. The van der Waals surface area contributed by atoms with E-state index < -0.39 is 0 Å². The summed E-state index contributed by atoms with van der Waals surface area (Å²) in [7, 11) is 0. The Morgan fingerprint density at radius 1 is 1.16 bits per heavy atom. The Kier molecular flexibility index (Phi) is 3.81. The van der Waals surface area contributed by atoms with Crippen LogP contribution in [0, 0.1) is 20.8 Å². The zero-order chi connectivity index (χ0) is 14.0. The number of benzene rings is 1. The Bertz CT molecular complexity index is 638. The molecule has 4 heteroatoms. The molecule has 0 saturated heterocycles. The summed E-state index contributed by atoms with van der Waals surface area (Å²) < 4.78 is 5.98. The van der Waals surface area contributed by atoms with E-state index in [1.807, 2.05) is 26.0 Å². The molecular formula is C15H16N2OS. The first-order valence-electron chi connectivity index (χ1n) is 6.00. The van der Waals surface area contributed by atoms with E-state index in [1.54, 1.807) is 12.3 Å². The van der Waals surface area contributed by atoms with E-state index in [9.17, 15) is 0 Å². The van der Waals surface area contributed by atoms with Gasteiger partial charge in [-0.15, -0.1) is 0 Å². The number of aryl methyl sites for hydroxylation is 2. The van der Waals surface area contributed by atoms with Gasteiger partial charge in [-0.1, -0.05) is 24.4 Å². The third-order valence-electron chi connectivity index (χ3n) is 3.09. The van der Waals surface area contributed by atoms with E-state index >= 15 is 0 Å². The fourth-order valence-corrected chi connectivity index (χ4v) is 2.00. The molecule has 0 spiro atoms. The lowest BCUT2D eigenvalue weighted by molar-refractivity contribution is 0.471. The monoisotopic (exact) mass is 272 g/mol. The van der Waals surface area contributed by atoms with E-state index in [0.717, 1.165) is 16.9 Å². The van der Waals surface area contributed by atoms with E-state index in [2.05, 4.69) is 18.0 Å². The highest BCUT2D eigenvalue weighted by molar-refractivity contribution is 7.80. The van der Waals surface area contributed by atoms with Gasteiger partial charge in [0.1, 0.15) is 16.4 Å². The maximum Gasteiger partial charge on any atom is 0.156 e. The summed E-state index contributed by atoms with van der Waals surface area (Å²) in [5, 5.41) is 0. The molecule has 0 aliphatic carbocycles. The highest BCUT2D eigenvalue weighted by Crippen LogP contribution is 2.31. The van der Waals surface area contributed by atoms with Gasteiger partial charge in [0.15, 0.2) is 5.75 Å². The molecule has 0 amide bonds. The minimum absolute atomic E-state index is 0.235. The molecule has 1 aromatic heterocycles. The fraction of sp³-hybridized carbons (Fsp3) is 0.200. The molecule has 0 saturated carbocycles. The summed E-state index contributed by atoms with van der Waals surface area (Å²) in [5.41, 5.74) is 9.54. The number of rotatable bonds is 3. The summed E-state index contributed by atoms with van der Waals surface area (Å²) in [6.07, 6.45) is 1.65. The maximum atomic E-state index is 5.98. The summed E-state index contributed by atoms with van der Waals surface area (Å²) in [6.45, 7) is 6.10. The number of nitrogens with two attached hydrogens (primary N) is 1. The van der Waals surface area contributed by atoms with Crippen LogP contribution in [0.2, 0.25) is 0 Å². The third kappa shape index (κ3) is 2.74. The third-order valence-corrected chi connectivity index (χ3v) is 3.28. The summed E-state index contributed by atoms with van der Waals surface area (Å²) >= 11 is 4.99. The zero-order valence-corrected chi connectivity index (χ0v) is 12.0. The van der Waals surface area contributed by atoms with Gasteiger partial charge in [-0.2, -0.15) is 0 Å². The van der Waals surface area contributed by atoms with Crippen LogP contribution in [0.15, 0.2) is 30.5 Å². The number of nitrogens with zero attached hydrogens (tertiary/aromatic N) is 1. The smallest absolute Gasteiger partial charge is 0.156 e. The number of hydrogen-bond donors (Lipinski definition) is 1. The average molecular weight is 272 g/mol. The van der Waals surface area contributed by atoms with Crippen LogP contribution >= 0.6 is 12.2 Å². The van der Waals surface area contributed by atoms with Gasteiger partial charge >= 0.3 is 0 Å². The van der Waals surface area contributed by atoms with Crippen molar-refractivity contribution >= 4 is 17.2 Å². The Hall–Kier alpha value is -1.94. The minimum Gasteiger partial charge on any atom is -0.454 e. The molecule has 98 valence electrons. The molecule has 0 aliphatic rings. The van der Waals surface area contributed by atoms with Gasteiger partial charge in [-0.25, -0.2) is 4.98 Å². The van der Waals surface area contributed by atoms with Crippen molar-refractivity contribution in [3.8, 4) is 11.5 Å². The van der Waals surface area contributed by atoms with Gasteiger partial charge < -0.3 is 10.5 Å². The van der Waals surface area contributed by atoms with Gasteiger partial charge in [0.2, 0.25) is 0 Å². The normalized spacial score (nSPS) is 10.3. The van der Waals surface area contributed by atoms with Crippen LogP contribution in [-0.4, -0.2) is 9.97 Å². The lowest BCUT2D eigenvalue weighted by atomic mass is 10.1. The fourth-order valence-electron chi connectivity index (χ4n) is 1.85. The Balaban J connectivity index is 2.48. The molecule has 2 N–H and O–H groups in total. The zero-order valence-electron chi connectivity index (χ0n) is 11.2. The van der Waals surface area contributed by atoms with Crippen LogP contribution in [0.3, 0.4) is 0 Å². The van der Waals surface area contributed by atoms with Crippen LogP contribution < -0.4 is 10.5 Å². The first-order valence-corrected chi connectivity index (χ1v) is 6.41. The highest BCUT2D eigenvalue weighted by atomic mass is 32.1. The first-order chi connectivity index (χ1) is 9.00. The average Bonchev–Trinajstić information content (AvgIpc) is 2.39. The van der Waals surface area contributed by atoms with Crippen LogP contribution in [0.4, 0.5) is 0 Å². The lowest BCUT2D eigenvalue weighted by Gasteiger charge is -2.15. The Morgan fingerprint density at radius 2 is 1.84 bits per heavy atom. The van der Waals surface area contributed by atoms with Crippen molar-refractivity contribution in [1.29, 1.82) is 0 Å². The van der Waals surface area contributed by atoms with Crippen molar-refractivity contribution in [1.82, 2.24) is 4.98 Å². The van der Waals surface area contributed by atoms with Crippen LogP contribution in [-0.2, 0) is 0 Å². The van der Waals surface area contributed by atoms with Crippen LogP contribution in [0.1, 0.15) is 22.4 Å². The number of ether oxygens (including phenoxy) is 1. The van der Waals surface area contributed by atoms with Crippen molar-refractivity contribution in [3.63, 3.8) is 0 Å². The predicted molar refractivity (Wildman–Crippen MR) is 80.9 cm³/mol. The van der Waals surface area contributed by atoms with Crippen LogP contribution in [0.25, 0.3) is 0 Å². The molecule has 19 heavy (non-hydrogen) atoms. The van der Waals surface area contributed by atoms with E-state index in [-0.39, 0.29) is 4.99 Å². The number of aromatic nitrogens is 1. The predicted octanol–water partition coefficient (Wildman–Crippen LogP) is 3.43. The second-order valence-electron chi connectivity index (χ2n) is 4.47. The SMILES string of the molecule is Cc1ccc(C)c(Oc2cccnc2C(N)=S)c1C.